The number of aromatic nitrogens is 1. The lowest BCUT2D eigenvalue weighted by Crippen LogP contribution is -2.66. The van der Waals surface area contributed by atoms with Crippen molar-refractivity contribution in [3.8, 4) is 0 Å². The summed E-state index contributed by atoms with van der Waals surface area (Å²) in [6, 6.07) is 17.8. The first-order chi connectivity index (χ1) is 17.1. The third-order valence-corrected chi connectivity index (χ3v) is 7.23. The summed E-state index contributed by atoms with van der Waals surface area (Å²) in [5, 5.41) is 2.13. The quantitative estimate of drug-likeness (QED) is 0.448. The molecule has 4 aromatic rings. The molecule has 1 atom stereocenters. The molecule has 0 radical (unpaired) electrons. The molecule has 178 valence electrons. The van der Waals surface area contributed by atoms with Gasteiger partial charge >= 0.3 is 0 Å². The first-order valence-electron chi connectivity index (χ1n) is 12.2. The van der Waals surface area contributed by atoms with E-state index in [9.17, 15) is 9.59 Å². The van der Waals surface area contributed by atoms with Gasteiger partial charge in [0.1, 0.15) is 23.9 Å². The molecule has 0 spiro atoms. The Morgan fingerprint density at radius 2 is 1.91 bits per heavy atom. The minimum absolute atomic E-state index is 0.0179. The van der Waals surface area contributed by atoms with Crippen molar-refractivity contribution in [3.63, 3.8) is 0 Å². The number of pyridine rings is 1. The molecule has 7 heteroatoms. The Balaban J connectivity index is 1.21. The molecule has 35 heavy (non-hydrogen) atoms. The van der Waals surface area contributed by atoms with Crippen LogP contribution in [0, 0.1) is 0 Å². The molecule has 2 aromatic heterocycles. The van der Waals surface area contributed by atoms with Gasteiger partial charge in [-0.05, 0) is 29.8 Å². The largest absolute Gasteiger partial charge is 0.461 e. The number of carbonyl (C=O) groups is 2. The number of nitrogens with zero attached hydrogens (tertiary/aromatic N) is 4. The molecule has 2 aliphatic heterocycles. The highest BCUT2D eigenvalue weighted by molar-refractivity contribution is 5.95. The average molecular weight is 469 g/mol. The highest BCUT2D eigenvalue weighted by atomic mass is 16.3. The van der Waals surface area contributed by atoms with E-state index in [2.05, 4.69) is 28.1 Å². The number of piperazine rings is 2. The molecule has 0 aliphatic carbocycles. The van der Waals surface area contributed by atoms with Gasteiger partial charge in [0.05, 0.1) is 12.1 Å². The fourth-order valence-electron chi connectivity index (χ4n) is 5.45. The molecule has 0 bridgehead atoms. The lowest BCUT2D eigenvalue weighted by atomic mass is 10.0. The van der Waals surface area contributed by atoms with Crippen molar-refractivity contribution in [3.05, 3.63) is 77.7 Å². The highest BCUT2D eigenvalue weighted by Gasteiger charge is 2.42. The fourth-order valence-corrected chi connectivity index (χ4v) is 5.45. The number of para-hydroxylation sites is 1. The van der Waals surface area contributed by atoms with Crippen LogP contribution in [0.2, 0.25) is 0 Å². The van der Waals surface area contributed by atoms with Crippen LogP contribution in [0.1, 0.15) is 23.8 Å². The maximum Gasteiger partial charge on any atom is 0.247 e. The third-order valence-electron chi connectivity index (χ3n) is 7.23. The SMILES string of the molecule is CCc1oc2ccccc2c1CN1CC(=O)N2CCN(Cc3ccc4ncccc4c3)CC2C1=O. The van der Waals surface area contributed by atoms with Crippen LogP contribution < -0.4 is 0 Å². The molecule has 6 rings (SSSR count). The molecule has 1 unspecified atom stereocenters. The van der Waals surface area contributed by atoms with E-state index in [1.807, 2.05) is 43.3 Å². The summed E-state index contributed by atoms with van der Waals surface area (Å²) in [4.78, 5) is 36.8. The Morgan fingerprint density at radius 1 is 1.03 bits per heavy atom. The maximum absolute atomic E-state index is 13.6. The summed E-state index contributed by atoms with van der Waals surface area (Å²) < 4.78 is 6.03. The summed E-state index contributed by atoms with van der Waals surface area (Å²) in [5.41, 5.74) is 3.99. The number of hydrogen-bond acceptors (Lipinski definition) is 5. The van der Waals surface area contributed by atoms with Crippen LogP contribution in [-0.4, -0.2) is 63.7 Å². The Kier molecular flexibility index (Phi) is 5.49. The van der Waals surface area contributed by atoms with Gasteiger partial charge < -0.3 is 14.2 Å². The molecule has 2 aromatic carbocycles. The number of rotatable bonds is 5. The first kappa shape index (κ1) is 21.8. The second kappa shape index (κ2) is 8.82. The summed E-state index contributed by atoms with van der Waals surface area (Å²) in [5.74, 6) is 0.922. The molecule has 0 N–H and O–H groups in total. The molecule has 4 heterocycles. The molecule has 2 fully saturated rings. The van der Waals surface area contributed by atoms with Crippen molar-refractivity contribution in [1.82, 2.24) is 19.7 Å². The number of fused-ring (bicyclic) bond motifs is 3. The van der Waals surface area contributed by atoms with E-state index < -0.39 is 6.04 Å². The molecule has 7 nitrogen and oxygen atoms in total. The van der Waals surface area contributed by atoms with E-state index in [-0.39, 0.29) is 18.4 Å². The summed E-state index contributed by atoms with van der Waals surface area (Å²) >= 11 is 0. The van der Waals surface area contributed by atoms with Gasteiger partial charge in [-0.15, -0.1) is 0 Å². The Hall–Kier alpha value is -3.71. The van der Waals surface area contributed by atoms with E-state index in [4.69, 9.17) is 4.42 Å². The minimum Gasteiger partial charge on any atom is -0.461 e. The second-order valence-corrected chi connectivity index (χ2v) is 9.42. The van der Waals surface area contributed by atoms with Crippen LogP contribution in [0.3, 0.4) is 0 Å². The zero-order valence-corrected chi connectivity index (χ0v) is 19.8. The van der Waals surface area contributed by atoms with Gasteiger partial charge in [0, 0.05) is 55.1 Å². The van der Waals surface area contributed by atoms with Crippen molar-refractivity contribution in [2.45, 2.75) is 32.5 Å². The number of furan rings is 1. The van der Waals surface area contributed by atoms with Crippen LogP contribution in [-0.2, 0) is 29.1 Å². The van der Waals surface area contributed by atoms with Crippen LogP contribution in [0.4, 0.5) is 0 Å². The van der Waals surface area contributed by atoms with Crippen molar-refractivity contribution in [2.24, 2.45) is 0 Å². The second-order valence-electron chi connectivity index (χ2n) is 9.42. The number of amides is 2. The number of hydrogen-bond donors (Lipinski definition) is 0. The van der Waals surface area contributed by atoms with Crippen LogP contribution in [0.5, 0.6) is 0 Å². The van der Waals surface area contributed by atoms with Crippen LogP contribution in [0.25, 0.3) is 21.9 Å². The fraction of sp³-hybridized carbons (Fsp3) is 0.321. The van der Waals surface area contributed by atoms with Gasteiger partial charge in [-0.3, -0.25) is 19.5 Å². The van der Waals surface area contributed by atoms with Crippen molar-refractivity contribution in [2.75, 3.05) is 26.2 Å². The van der Waals surface area contributed by atoms with Crippen LogP contribution in [0.15, 0.2) is 65.2 Å². The summed E-state index contributed by atoms with van der Waals surface area (Å²) in [7, 11) is 0. The minimum atomic E-state index is -0.449. The van der Waals surface area contributed by atoms with E-state index in [1.165, 1.54) is 5.56 Å². The Morgan fingerprint density at radius 3 is 2.80 bits per heavy atom. The van der Waals surface area contributed by atoms with E-state index >= 15 is 0 Å². The lowest BCUT2D eigenvalue weighted by molar-refractivity contribution is -0.160. The van der Waals surface area contributed by atoms with Gasteiger partial charge in [0.25, 0.3) is 0 Å². The summed E-state index contributed by atoms with van der Waals surface area (Å²) in [6.45, 7) is 5.18. The topological polar surface area (TPSA) is 69.9 Å². The van der Waals surface area contributed by atoms with Gasteiger partial charge in [0.2, 0.25) is 11.8 Å². The highest BCUT2D eigenvalue weighted by Crippen LogP contribution is 2.29. The smallest absolute Gasteiger partial charge is 0.247 e. The first-order valence-corrected chi connectivity index (χ1v) is 12.2. The Labute approximate surface area is 203 Å². The molecular weight excluding hydrogens is 440 g/mol. The average Bonchev–Trinajstić information content (AvgIpc) is 3.24. The van der Waals surface area contributed by atoms with Gasteiger partial charge in [-0.2, -0.15) is 0 Å². The normalized spacial score (nSPS) is 19.1. The summed E-state index contributed by atoms with van der Waals surface area (Å²) in [6.07, 6.45) is 2.54. The van der Waals surface area contributed by atoms with Gasteiger partial charge in [-0.25, -0.2) is 0 Å². The molecule has 0 saturated carbocycles. The standard InChI is InChI=1S/C28H28N4O3/c1-2-25-22(21-7-3-4-8-26(21)35-25)16-31-18-27(33)32-13-12-30(17-24(32)28(31)34)15-19-9-10-23-20(14-19)6-5-11-29-23/h3-11,14,24H,2,12-13,15-18H2,1H3. The third kappa shape index (κ3) is 3.96. The molecule has 2 amide bonds. The van der Waals surface area contributed by atoms with Gasteiger partial charge in [0.15, 0.2) is 0 Å². The number of carbonyl (C=O) groups excluding carboxylic acids is 2. The maximum atomic E-state index is 13.6. The zero-order chi connectivity index (χ0) is 23.9. The predicted octanol–water partition coefficient (Wildman–Crippen LogP) is 3.60. The predicted molar refractivity (Wildman–Crippen MR) is 134 cm³/mol. The van der Waals surface area contributed by atoms with E-state index in [1.54, 1.807) is 16.0 Å². The van der Waals surface area contributed by atoms with Crippen LogP contribution >= 0.6 is 0 Å². The number of aryl methyl sites for hydroxylation is 1. The molecular formula is C28H28N4O3. The van der Waals surface area contributed by atoms with Crippen molar-refractivity contribution < 1.29 is 14.0 Å². The lowest BCUT2D eigenvalue weighted by Gasteiger charge is -2.46. The molecule has 2 aliphatic rings. The van der Waals surface area contributed by atoms with E-state index in [0.29, 0.717) is 19.6 Å². The Bertz CT molecular complexity index is 1430. The monoisotopic (exact) mass is 468 g/mol. The zero-order valence-electron chi connectivity index (χ0n) is 19.8. The number of benzene rings is 2. The van der Waals surface area contributed by atoms with Crippen molar-refractivity contribution in [1.29, 1.82) is 0 Å². The van der Waals surface area contributed by atoms with E-state index in [0.717, 1.165) is 52.7 Å². The van der Waals surface area contributed by atoms with Crippen molar-refractivity contribution >= 4 is 33.7 Å². The van der Waals surface area contributed by atoms with Gasteiger partial charge in [-0.1, -0.05) is 37.3 Å². The molecule has 2 saturated heterocycles.